The molecule has 1 fully saturated rings. The Morgan fingerprint density at radius 3 is 2.71 bits per heavy atom. The van der Waals surface area contributed by atoms with Gasteiger partial charge in [0, 0.05) is 6.54 Å². The second-order valence-corrected chi connectivity index (χ2v) is 6.54. The van der Waals surface area contributed by atoms with Gasteiger partial charge in [0.2, 0.25) is 0 Å². The van der Waals surface area contributed by atoms with Crippen molar-refractivity contribution < 1.29 is 9.90 Å². The minimum absolute atomic E-state index is 0.167. The van der Waals surface area contributed by atoms with Crippen LogP contribution in [0, 0.1) is 24.7 Å². The summed E-state index contributed by atoms with van der Waals surface area (Å²) in [5.74, 6) is -0.0992. The molecule has 1 aromatic heterocycles. The molecular weight excluding hydrogens is 288 g/mol. The number of rotatable bonds is 5. The first-order valence-electron chi connectivity index (χ1n) is 7.92. The van der Waals surface area contributed by atoms with Crippen LogP contribution < -0.4 is 0 Å². The third-order valence-corrected chi connectivity index (χ3v) is 5.39. The number of aryl methyl sites for hydroxylation is 2. The lowest BCUT2D eigenvalue weighted by Crippen LogP contribution is -2.32. The molecule has 3 unspecified atom stereocenters. The number of carboxylic acids is 1. The molecule has 1 saturated carbocycles. The molecule has 4 nitrogen and oxygen atoms in total. The van der Waals surface area contributed by atoms with E-state index in [0.29, 0.717) is 10.9 Å². The lowest BCUT2D eigenvalue weighted by molar-refractivity contribution is -0.145. The minimum Gasteiger partial charge on any atom is -0.481 e. The molecule has 3 atom stereocenters. The molecule has 1 N–H and O–H groups in total. The summed E-state index contributed by atoms with van der Waals surface area (Å²) in [6, 6.07) is 0. The van der Waals surface area contributed by atoms with E-state index in [2.05, 4.69) is 12.0 Å². The van der Waals surface area contributed by atoms with E-state index in [1.807, 2.05) is 18.5 Å². The summed E-state index contributed by atoms with van der Waals surface area (Å²) in [5, 5.41) is 14.6. The van der Waals surface area contributed by atoms with Crippen LogP contribution in [-0.4, -0.2) is 20.9 Å². The summed E-state index contributed by atoms with van der Waals surface area (Å²) in [7, 11) is 0. The molecule has 0 spiro atoms. The molecule has 1 aliphatic carbocycles. The van der Waals surface area contributed by atoms with Crippen molar-refractivity contribution >= 4 is 17.6 Å². The molecule has 1 aliphatic rings. The average molecular weight is 313 g/mol. The highest BCUT2D eigenvalue weighted by atomic mass is 35.5. The zero-order chi connectivity index (χ0) is 15.6. The van der Waals surface area contributed by atoms with Crippen LogP contribution in [0.1, 0.15) is 50.9 Å². The predicted octanol–water partition coefficient (Wildman–Crippen LogP) is 3.93. The van der Waals surface area contributed by atoms with Crippen LogP contribution in [-0.2, 0) is 17.8 Å². The maximum Gasteiger partial charge on any atom is 0.306 e. The first-order chi connectivity index (χ1) is 9.97. The number of hydrogen-bond donors (Lipinski definition) is 1. The first-order valence-corrected chi connectivity index (χ1v) is 8.30. The Morgan fingerprint density at radius 1 is 1.43 bits per heavy atom. The van der Waals surface area contributed by atoms with Gasteiger partial charge in [0.1, 0.15) is 0 Å². The summed E-state index contributed by atoms with van der Waals surface area (Å²) in [5.41, 5.74) is 1.84. The van der Waals surface area contributed by atoms with Crippen molar-refractivity contribution in [1.29, 1.82) is 0 Å². The largest absolute Gasteiger partial charge is 0.481 e. The van der Waals surface area contributed by atoms with E-state index in [9.17, 15) is 9.90 Å². The Bertz CT molecular complexity index is 513. The number of aliphatic carboxylic acids is 1. The number of aromatic nitrogens is 2. The topological polar surface area (TPSA) is 55.1 Å². The Morgan fingerprint density at radius 2 is 2.14 bits per heavy atom. The fourth-order valence-corrected chi connectivity index (χ4v) is 3.81. The lowest BCUT2D eigenvalue weighted by atomic mass is 9.71. The van der Waals surface area contributed by atoms with Crippen molar-refractivity contribution in [2.24, 2.45) is 17.8 Å². The predicted molar refractivity (Wildman–Crippen MR) is 83.6 cm³/mol. The van der Waals surface area contributed by atoms with Crippen molar-refractivity contribution in [3.63, 3.8) is 0 Å². The average Bonchev–Trinajstić information content (AvgIpc) is 2.74. The molecule has 0 amide bonds. The van der Waals surface area contributed by atoms with Gasteiger partial charge in [0.05, 0.1) is 22.3 Å². The van der Waals surface area contributed by atoms with E-state index in [0.717, 1.165) is 50.0 Å². The highest BCUT2D eigenvalue weighted by molar-refractivity contribution is 6.31. The highest BCUT2D eigenvalue weighted by Gasteiger charge is 2.35. The smallest absolute Gasteiger partial charge is 0.306 e. The van der Waals surface area contributed by atoms with Crippen LogP contribution in [0.25, 0.3) is 0 Å². The van der Waals surface area contributed by atoms with Gasteiger partial charge in [-0.15, -0.1) is 0 Å². The van der Waals surface area contributed by atoms with Gasteiger partial charge in [0.15, 0.2) is 0 Å². The summed E-state index contributed by atoms with van der Waals surface area (Å²) in [4.78, 5) is 11.5. The van der Waals surface area contributed by atoms with Crippen LogP contribution in [0.3, 0.4) is 0 Å². The normalized spacial score (nSPS) is 26.0. The quantitative estimate of drug-likeness (QED) is 0.896. The number of carbonyl (C=O) groups is 1. The van der Waals surface area contributed by atoms with E-state index < -0.39 is 5.97 Å². The van der Waals surface area contributed by atoms with Gasteiger partial charge in [-0.25, -0.2) is 0 Å². The molecule has 0 aromatic carbocycles. The van der Waals surface area contributed by atoms with Crippen LogP contribution in [0.15, 0.2) is 0 Å². The molecule has 0 saturated heterocycles. The van der Waals surface area contributed by atoms with Crippen LogP contribution in [0.5, 0.6) is 0 Å². The molecule has 0 aliphatic heterocycles. The Labute approximate surface area is 131 Å². The maximum absolute atomic E-state index is 11.5. The molecule has 0 radical (unpaired) electrons. The van der Waals surface area contributed by atoms with Gasteiger partial charge in [-0.2, -0.15) is 5.10 Å². The van der Waals surface area contributed by atoms with Crippen LogP contribution in [0.4, 0.5) is 0 Å². The van der Waals surface area contributed by atoms with E-state index in [1.165, 1.54) is 0 Å². The molecular formula is C16H25ClN2O2. The number of carboxylic acid groups (broad SMARTS) is 1. The SMILES string of the molecule is CCC1CCC(C(=O)O)C(Cc2c(Cl)c(C)nn2CC)C1. The van der Waals surface area contributed by atoms with Crippen LogP contribution in [0.2, 0.25) is 5.02 Å². The molecule has 118 valence electrons. The fraction of sp³-hybridized carbons (Fsp3) is 0.750. The third kappa shape index (κ3) is 3.42. The van der Waals surface area contributed by atoms with Gasteiger partial charge in [-0.1, -0.05) is 24.9 Å². The van der Waals surface area contributed by atoms with E-state index in [1.54, 1.807) is 0 Å². The number of nitrogens with zero attached hydrogens (tertiary/aromatic N) is 2. The highest BCUT2D eigenvalue weighted by Crippen LogP contribution is 2.38. The van der Waals surface area contributed by atoms with Crippen molar-refractivity contribution in [2.75, 3.05) is 0 Å². The van der Waals surface area contributed by atoms with E-state index >= 15 is 0 Å². The molecule has 0 bridgehead atoms. The standard InChI is InChI=1S/C16H25ClN2O2/c1-4-11-6-7-13(16(20)21)12(8-11)9-14-15(17)10(3)18-19(14)5-2/h11-13H,4-9H2,1-3H3,(H,20,21). The summed E-state index contributed by atoms with van der Waals surface area (Å²) >= 11 is 6.38. The molecule has 5 heteroatoms. The number of hydrogen-bond acceptors (Lipinski definition) is 2. The molecule has 21 heavy (non-hydrogen) atoms. The lowest BCUT2D eigenvalue weighted by Gasteiger charge is -2.33. The van der Waals surface area contributed by atoms with Gasteiger partial charge in [0.25, 0.3) is 0 Å². The monoisotopic (exact) mass is 312 g/mol. The Balaban J connectivity index is 2.23. The fourth-order valence-electron chi connectivity index (χ4n) is 3.60. The zero-order valence-corrected chi connectivity index (χ0v) is 13.9. The summed E-state index contributed by atoms with van der Waals surface area (Å²) in [6.07, 6.45) is 4.65. The second-order valence-electron chi connectivity index (χ2n) is 6.16. The van der Waals surface area contributed by atoms with E-state index in [4.69, 9.17) is 11.6 Å². The molecule has 1 aromatic rings. The Hall–Kier alpha value is -1.03. The molecule has 2 rings (SSSR count). The van der Waals surface area contributed by atoms with Gasteiger partial charge in [-0.05, 0) is 51.4 Å². The first kappa shape index (κ1) is 16.3. The third-order valence-electron chi connectivity index (χ3n) is 4.89. The Kier molecular flexibility index (Phi) is 5.31. The van der Waals surface area contributed by atoms with Gasteiger partial charge < -0.3 is 5.11 Å². The summed E-state index contributed by atoms with van der Waals surface area (Å²) in [6.45, 7) is 6.90. The van der Waals surface area contributed by atoms with Crippen molar-refractivity contribution in [1.82, 2.24) is 9.78 Å². The molecule has 1 heterocycles. The van der Waals surface area contributed by atoms with Crippen molar-refractivity contribution in [2.45, 2.75) is 59.4 Å². The van der Waals surface area contributed by atoms with Gasteiger partial charge in [-0.3, -0.25) is 9.48 Å². The second kappa shape index (κ2) is 6.82. The van der Waals surface area contributed by atoms with Crippen LogP contribution >= 0.6 is 11.6 Å². The minimum atomic E-state index is -0.662. The number of halogens is 1. The van der Waals surface area contributed by atoms with E-state index in [-0.39, 0.29) is 11.8 Å². The van der Waals surface area contributed by atoms with Crippen molar-refractivity contribution in [3.8, 4) is 0 Å². The summed E-state index contributed by atoms with van der Waals surface area (Å²) < 4.78 is 1.92. The maximum atomic E-state index is 11.5. The zero-order valence-electron chi connectivity index (χ0n) is 13.1. The van der Waals surface area contributed by atoms with Crippen molar-refractivity contribution in [3.05, 3.63) is 16.4 Å². The van der Waals surface area contributed by atoms with Gasteiger partial charge >= 0.3 is 5.97 Å².